The van der Waals surface area contributed by atoms with Gasteiger partial charge in [0.05, 0.1) is 17.0 Å². The van der Waals surface area contributed by atoms with Gasteiger partial charge in [-0.1, -0.05) is 70.2 Å². The van der Waals surface area contributed by atoms with E-state index in [0.717, 1.165) is 47.0 Å². The SMILES string of the molecule is N#Cc1c(SCC(=O)c2ccc(Br)cc2)nc(-c2ccccc2)c2c1CCCC2. The zero-order valence-corrected chi connectivity index (χ0v) is 18.2. The molecule has 4 rings (SSSR count). The first-order chi connectivity index (χ1) is 14.2. The number of pyridine rings is 1. The second kappa shape index (κ2) is 8.94. The molecule has 3 aromatic rings. The number of halogens is 1. The number of thioether (sulfide) groups is 1. The molecule has 29 heavy (non-hydrogen) atoms. The van der Waals surface area contributed by atoms with Crippen molar-refractivity contribution in [3.63, 3.8) is 0 Å². The van der Waals surface area contributed by atoms with E-state index in [1.807, 2.05) is 42.5 Å². The number of hydrogen-bond donors (Lipinski definition) is 0. The molecule has 0 saturated heterocycles. The summed E-state index contributed by atoms with van der Waals surface area (Å²) in [6, 6.07) is 19.9. The fourth-order valence-electron chi connectivity index (χ4n) is 3.70. The number of rotatable bonds is 5. The van der Waals surface area contributed by atoms with Crippen LogP contribution in [0.25, 0.3) is 11.3 Å². The van der Waals surface area contributed by atoms with Crippen LogP contribution in [0.5, 0.6) is 0 Å². The molecule has 5 heteroatoms. The van der Waals surface area contributed by atoms with E-state index in [1.54, 1.807) is 0 Å². The maximum absolute atomic E-state index is 12.6. The van der Waals surface area contributed by atoms with E-state index in [-0.39, 0.29) is 11.5 Å². The zero-order valence-electron chi connectivity index (χ0n) is 15.8. The Labute approximate surface area is 183 Å². The summed E-state index contributed by atoms with van der Waals surface area (Å²) in [5.74, 6) is 0.295. The van der Waals surface area contributed by atoms with Gasteiger partial charge in [0, 0.05) is 15.6 Å². The number of aromatic nitrogens is 1. The van der Waals surface area contributed by atoms with Crippen molar-refractivity contribution in [1.29, 1.82) is 5.26 Å². The second-order valence-corrected chi connectivity index (χ2v) is 8.88. The van der Waals surface area contributed by atoms with Crippen LogP contribution in [-0.2, 0) is 12.8 Å². The number of ketones is 1. The van der Waals surface area contributed by atoms with Gasteiger partial charge in [0.1, 0.15) is 11.1 Å². The number of nitriles is 1. The average Bonchev–Trinajstić information content (AvgIpc) is 2.77. The molecule has 1 aliphatic rings. The van der Waals surface area contributed by atoms with Crippen molar-refractivity contribution in [3.8, 4) is 17.3 Å². The Hall–Kier alpha value is -2.42. The summed E-state index contributed by atoms with van der Waals surface area (Å²) < 4.78 is 0.942. The number of fused-ring (bicyclic) bond motifs is 1. The average molecular weight is 463 g/mol. The summed E-state index contributed by atoms with van der Waals surface area (Å²) in [7, 11) is 0. The van der Waals surface area contributed by atoms with Gasteiger partial charge in [0.15, 0.2) is 5.78 Å². The van der Waals surface area contributed by atoms with E-state index >= 15 is 0 Å². The van der Waals surface area contributed by atoms with Gasteiger partial charge in [-0.05, 0) is 48.9 Å². The Morgan fingerprint density at radius 3 is 2.41 bits per heavy atom. The molecule has 1 aliphatic carbocycles. The standard InChI is InChI=1S/C24H19BrN2OS/c25-18-12-10-16(11-13-18)22(28)15-29-24-21(14-26)19-8-4-5-9-20(19)23(27-24)17-6-2-1-3-7-17/h1-3,6-7,10-13H,4-5,8-9,15H2. The molecule has 0 radical (unpaired) electrons. The number of hydrogen-bond acceptors (Lipinski definition) is 4. The van der Waals surface area contributed by atoms with Crippen LogP contribution in [0.15, 0.2) is 64.1 Å². The summed E-state index contributed by atoms with van der Waals surface area (Å²) in [4.78, 5) is 17.5. The van der Waals surface area contributed by atoms with Gasteiger partial charge in [-0.2, -0.15) is 5.26 Å². The molecule has 0 fully saturated rings. The first-order valence-electron chi connectivity index (χ1n) is 9.60. The molecule has 3 nitrogen and oxygen atoms in total. The largest absolute Gasteiger partial charge is 0.293 e. The van der Waals surface area contributed by atoms with Crippen LogP contribution in [0.4, 0.5) is 0 Å². The lowest BCUT2D eigenvalue weighted by molar-refractivity contribution is 0.102. The molecule has 0 amide bonds. The second-order valence-electron chi connectivity index (χ2n) is 7.00. The van der Waals surface area contributed by atoms with Crippen molar-refractivity contribution in [2.45, 2.75) is 30.7 Å². The molecular weight excluding hydrogens is 444 g/mol. The molecule has 0 bridgehead atoms. The van der Waals surface area contributed by atoms with Gasteiger partial charge in [0.25, 0.3) is 0 Å². The maximum Gasteiger partial charge on any atom is 0.173 e. The van der Waals surface area contributed by atoms with E-state index in [4.69, 9.17) is 4.98 Å². The van der Waals surface area contributed by atoms with Crippen molar-refractivity contribution in [2.24, 2.45) is 0 Å². The van der Waals surface area contributed by atoms with E-state index in [0.29, 0.717) is 16.2 Å². The molecule has 0 unspecified atom stereocenters. The molecule has 1 heterocycles. The van der Waals surface area contributed by atoms with Gasteiger partial charge in [0.2, 0.25) is 0 Å². The molecule has 0 atom stereocenters. The number of carbonyl (C=O) groups is 1. The molecular formula is C24H19BrN2OS. The van der Waals surface area contributed by atoms with E-state index in [2.05, 4.69) is 34.1 Å². The number of Topliss-reactive ketones (excluding diaryl/α,β-unsaturated/α-hetero) is 1. The minimum Gasteiger partial charge on any atom is -0.293 e. The van der Waals surface area contributed by atoms with Gasteiger partial charge >= 0.3 is 0 Å². The summed E-state index contributed by atoms with van der Waals surface area (Å²) >= 11 is 4.76. The zero-order chi connectivity index (χ0) is 20.2. The fourth-order valence-corrected chi connectivity index (χ4v) is 4.87. The third kappa shape index (κ3) is 4.29. The highest BCUT2D eigenvalue weighted by atomic mass is 79.9. The Morgan fingerprint density at radius 1 is 1.03 bits per heavy atom. The van der Waals surface area contributed by atoms with E-state index in [9.17, 15) is 10.1 Å². The third-order valence-electron chi connectivity index (χ3n) is 5.15. The molecule has 0 saturated carbocycles. The van der Waals surface area contributed by atoms with Crippen LogP contribution >= 0.6 is 27.7 Å². The van der Waals surface area contributed by atoms with Crippen LogP contribution in [0, 0.1) is 11.3 Å². The monoisotopic (exact) mass is 462 g/mol. The highest BCUT2D eigenvalue weighted by Gasteiger charge is 2.23. The lowest BCUT2D eigenvalue weighted by atomic mass is 9.86. The fraction of sp³-hybridized carbons (Fsp3) is 0.208. The summed E-state index contributed by atoms with van der Waals surface area (Å²) in [6.45, 7) is 0. The quantitative estimate of drug-likeness (QED) is 0.332. The van der Waals surface area contributed by atoms with Crippen molar-refractivity contribution in [2.75, 3.05) is 5.75 Å². The summed E-state index contributed by atoms with van der Waals surface area (Å²) in [6.07, 6.45) is 4.05. The highest BCUT2D eigenvalue weighted by molar-refractivity contribution is 9.10. The Bertz CT molecular complexity index is 1090. The minimum atomic E-state index is 0.0344. The van der Waals surface area contributed by atoms with Gasteiger partial charge in [-0.3, -0.25) is 4.79 Å². The molecule has 0 N–H and O–H groups in total. The number of benzene rings is 2. The van der Waals surface area contributed by atoms with Crippen molar-refractivity contribution >= 4 is 33.5 Å². The molecule has 144 valence electrons. The Balaban J connectivity index is 1.70. The maximum atomic E-state index is 12.6. The molecule has 1 aromatic heterocycles. The number of carbonyl (C=O) groups excluding carboxylic acids is 1. The summed E-state index contributed by atoms with van der Waals surface area (Å²) in [5.41, 5.74) is 5.65. The first kappa shape index (κ1) is 19.9. The number of nitrogens with zero attached hydrogens (tertiary/aromatic N) is 2. The highest BCUT2D eigenvalue weighted by Crippen LogP contribution is 2.36. The minimum absolute atomic E-state index is 0.0344. The van der Waals surface area contributed by atoms with Crippen LogP contribution in [0.2, 0.25) is 0 Å². The van der Waals surface area contributed by atoms with E-state index < -0.39 is 0 Å². The smallest absolute Gasteiger partial charge is 0.173 e. The lowest BCUT2D eigenvalue weighted by Crippen LogP contribution is -2.11. The van der Waals surface area contributed by atoms with Crippen LogP contribution < -0.4 is 0 Å². The molecule has 2 aromatic carbocycles. The van der Waals surface area contributed by atoms with E-state index in [1.165, 1.54) is 17.3 Å². The lowest BCUT2D eigenvalue weighted by Gasteiger charge is -2.22. The van der Waals surface area contributed by atoms with Gasteiger partial charge in [-0.25, -0.2) is 4.98 Å². The molecule has 0 spiro atoms. The Morgan fingerprint density at radius 2 is 1.72 bits per heavy atom. The van der Waals surface area contributed by atoms with Crippen molar-refractivity contribution < 1.29 is 4.79 Å². The van der Waals surface area contributed by atoms with Crippen molar-refractivity contribution in [3.05, 3.63) is 81.3 Å². The first-order valence-corrected chi connectivity index (χ1v) is 11.4. The van der Waals surface area contributed by atoms with Crippen LogP contribution in [-0.4, -0.2) is 16.5 Å². The van der Waals surface area contributed by atoms with Crippen LogP contribution in [0.1, 0.15) is 39.9 Å². The predicted octanol–water partition coefficient (Wildman–Crippen LogP) is 6.24. The topological polar surface area (TPSA) is 53.8 Å². The van der Waals surface area contributed by atoms with Gasteiger partial charge in [-0.15, -0.1) is 0 Å². The van der Waals surface area contributed by atoms with Crippen molar-refractivity contribution in [1.82, 2.24) is 4.98 Å². The Kier molecular flexibility index (Phi) is 6.13. The molecule has 0 aliphatic heterocycles. The van der Waals surface area contributed by atoms with Crippen LogP contribution in [0.3, 0.4) is 0 Å². The van der Waals surface area contributed by atoms with Gasteiger partial charge < -0.3 is 0 Å². The summed E-state index contributed by atoms with van der Waals surface area (Å²) in [5, 5.41) is 10.5. The normalized spacial score (nSPS) is 12.8. The predicted molar refractivity (Wildman–Crippen MR) is 120 cm³/mol. The third-order valence-corrected chi connectivity index (χ3v) is 6.65.